The van der Waals surface area contributed by atoms with Gasteiger partial charge in [0, 0.05) is 49.9 Å². The molecule has 1 aliphatic heterocycles. The molecule has 1 aliphatic rings. The Bertz CT molecular complexity index is 691. The van der Waals surface area contributed by atoms with E-state index < -0.39 is 0 Å². The first-order chi connectivity index (χ1) is 11.5. The van der Waals surface area contributed by atoms with Crippen LogP contribution in [0.2, 0.25) is 0 Å². The highest BCUT2D eigenvalue weighted by molar-refractivity contribution is 5.44. The third kappa shape index (κ3) is 3.55. The number of ether oxygens (including phenoxy) is 1. The number of piperazine rings is 1. The van der Waals surface area contributed by atoms with Crippen molar-refractivity contribution >= 4 is 11.8 Å². The normalized spacial score (nSPS) is 15.5. The maximum absolute atomic E-state index is 5.18. The van der Waals surface area contributed by atoms with Crippen molar-refractivity contribution in [1.82, 2.24) is 19.9 Å². The van der Waals surface area contributed by atoms with Gasteiger partial charge in [-0.15, -0.1) is 0 Å². The van der Waals surface area contributed by atoms with Gasteiger partial charge in [-0.1, -0.05) is 20.8 Å². The van der Waals surface area contributed by atoms with Gasteiger partial charge in [0.15, 0.2) is 0 Å². The average Bonchev–Trinajstić information content (AvgIpc) is 2.61. The van der Waals surface area contributed by atoms with E-state index in [1.54, 1.807) is 25.7 Å². The van der Waals surface area contributed by atoms with Crippen molar-refractivity contribution in [3.8, 4) is 5.88 Å². The predicted octanol–water partition coefficient (Wildman–Crippen LogP) is 1.90. The Morgan fingerprint density at radius 1 is 1.00 bits per heavy atom. The van der Waals surface area contributed by atoms with Crippen LogP contribution in [0.15, 0.2) is 24.7 Å². The zero-order chi connectivity index (χ0) is 17.2. The third-order valence-electron chi connectivity index (χ3n) is 4.13. The van der Waals surface area contributed by atoms with Crippen LogP contribution in [0.1, 0.15) is 26.5 Å². The molecule has 2 aromatic heterocycles. The van der Waals surface area contributed by atoms with Crippen molar-refractivity contribution in [3.63, 3.8) is 0 Å². The van der Waals surface area contributed by atoms with Crippen molar-refractivity contribution in [2.45, 2.75) is 26.2 Å². The molecule has 0 N–H and O–H groups in total. The third-order valence-corrected chi connectivity index (χ3v) is 4.13. The molecule has 0 aromatic carbocycles. The minimum absolute atomic E-state index is 0.0218. The molecule has 24 heavy (non-hydrogen) atoms. The summed E-state index contributed by atoms with van der Waals surface area (Å²) in [4.78, 5) is 22.1. The molecular weight excluding hydrogens is 304 g/mol. The minimum Gasteiger partial charge on any atom is -0.481 e. The summed E-state index contributed by atoms with van der Waals surface area (Å²) in [5.41, 5.74) is 1.08. The SMILES string of the molecule is COc1ccnc(N2CCN(c3cc(C(C)(C)C)ncn3)CC2)n1. The van der Waals surface area contributed by atoms with E-state index in [2.05, 4.69) is 56.6 Å². The fraction of sp³-hybridized carbons (Fsp3) is 0.529. The monoisotopic (exact) mass is 328 g/mol. The number of nitrogens with zero attached hydrogens (tertiary/aromatic N) is 6. The lowest BCUT2D eigenvalue weighted by molar-refractivity contribution is 0.396. The summed E-state index contributed by atoms with van der Waals surface area (Å²) in [6.07, 6.45) is 3.39. The Labute approximate surface area is 142 Å². The Morgan fingerprint density at radius 3 is 2.38 bits per heavy atom. The molecule has 3 heterocycles. The standard InChI is InChI=1S/C17H24N6O/c1-17(2,3)13-11-14(20-12-19-13)22-7-9-23(10-8-22)16-18-6-5-15(21-16)24-4/h5-6,11-12H,7-10H2,1-4H3. The number of hydrogen-bond donors (Lipinski definition) is 0. The molecule has 7 nitrogen and oxygen atoms in total. The van der Waals surface area contributed by atoms with Gasteiger partial charge in [-0.25, -0.2) is 15.0 Å². The van der Waals surface area contributed by atoms with Gasteiger partial charge >= 0.3 is 0 Å². The van der Waals surface area contributed by atoms with Gasteiger partial charge in [-0.2, -0.15) is 4.98 Å². The van der Waals surface area contributed by atoms with Crippen molar-refractivity contribution in [3.05, 3.63) is 30.4 Å². The molecule has 1 saturated heterocycles. The van der Waals surface area contributed by atoms with Gasteiger partial charge in [-0.3, -0.25) is 0 Å². The van der Waals surface area contributed by atoms with Gasteiger partial charge in [0.1, 0.15) is 12.1 Å². The zero-order valence-electron chi connectivity index (χ0n) is 14.7. The minimum atomic E-state index is 0.0218. The quantitative estimate of drug-likeness (QED) is 0.852. The van der Waals surface area contributed by atoms with Gasteiger partial charge in [-0.05, 0) is 0 Å². The molecule has 0 bridgehead atoms. The lowest BCUT2D eigenvalue weighted by Crippen LogP contribution is -2.47. The summed E-state index contributed by atoms with van der Waals surface area (Å²) >= 11 is 0. The van der Waals surface area contributed by atoms with Gasteiger partial charge in [0.2, 0.25) is 11.8 Å². The lowest BCUT2D eigenvalue weighted by atomic mass is 9.92. The lowest BCUT2D eigenvalue weighted by Gasteiger charge is -2.35. The molecule has 2 aromatic rings. The number of methoxy groups -OCH3 is 1. The summed E-state index contributed by atoms with van der Waals surface area (Å²) in [6.45, 7) is 9.94. The van der Waals surface area contributed by atoms with Crippen molar-refractivity contribution in [2.75, 3.05) is 43.1 Å². The summed E-state index contributed by atoms with van der Waals surface area (Å²) in [7, 11) is 1.62. The van der Waals surface area contributed by atoms with E-state index in [0.29, 0.717) is 11.8 Å². The molecular formula is C17H24N6O. The Kier molecular flexibility index (Phi) is 4.51. The van der Waals surface area contributed by atoms with Crippen LogP contribution in [0.5, 0.6) is 5.88 Å². The number of hydrogen-bond acceptors (Lipinski definition) is 7. The number of aromatic nitrogens is 4. The van der Waals surface area contributed by atoms with Crippen LogP contribution in [-0.4, -0.2) is 53.2 Å². The molecule has 0 atom stereocenters. The van der Waals surface area contributed by atoms with Crippen LogP contribution in [0.4, 0.5) is 11.8 Å². The fourth-order valence-electron chi connectivity index (χ4n) is 2.66. The van der Waals surface area contributed by atoms with Crippen LogP contribution >= 0.6 is 0 Å². The summed E-state index contributed by atoms with van der Waals surface area (Å²) in [5, 5.41) is 0. The molecule has 0 aliphatic carbocycles. The van der Waals surface area contributed by atoms with E-state index in [4.69, 9.17) is 4.74 Å². The van der Waals surface area contributed by atoms with E-state index in [-0.39, 0.29) is 5.41 Å². The largest absolute Gasteiger partial charge is 0.481 e. The molecule has 0 amide bonds. The topological polar surface area (TPSA) is 67.3 Å². The van der Waals surface area contributed by atoms with Crippen molar-refractivity contribution in [1.29, 1.82) is 0 Å². The Morgan fingerprint density at radius 2 is 1.71 bits per heavy atom. The molecule has 1 fully saturated rings. The highest BCUT2D eigenvalue weighted by atomic mass is 16.5. The fourth-order valence-corrected chi connectivity index (χ4v) is 2.66. The number of rotatable bonds is 3. The molecule has 3 rings (SSSR count). The Hall–Kier alpha value is -2.44. The summed E-state index contributed by atoms with van der Waals surface area (Å²) in [6, 6.07) is 3.85. The van der Waals surface area contributed by atoms with Crippen molar-refractivity contribution < 1.29 is 4.74 Å². The van der Waals surface area contributed by atoms with Gasteiger partial charge in [0.05, 0.1) is 12.8 Å². The Balaban J connectivity index is 1.69. The highest BCUT2D eigenvalue weighted by Gasteiger charge is 2.22. The van der Waals surface area contributed by atoms with Crippen LogP contribution in [-0.2, 0) is 5.41 Å². The van der Waals surface area contributed by atoms with Gasteiger partial charge in [0.25, 0.3) is 0 Å². The van der Waals surface area contributed by atoms with Crippen LogP contribution < -0.4 is 14.5 Å². The summed E-state index contributed by atoms with van der Waals surface area (Å²) < 4.78 is 5.18. The van der Waals surface area contributed by atoms with E-state index in [1.807, 2.05) is 0 Å². The van der Waals surface area contributed by atoms with E-state index in [1.165, 1.54) is 0 Å². The smallest absolute Gasteiger partial charge is 0.228 e. The van der Waals surface area contributed by atoms with E-state index >= 15 is 0 Å². The van der Waals surface area contributed by atoms with Crippen molar-refractivity contribution in [2.24, 2.45) is 0 Å². The maximum atomic E-state index is 5.18. The first kappa shape index (κ1) is 16.4. The summed E-state index contributed by atoms with van der Waals surface area (Å²) in [5.74, 6) is 2.29. The first-order valence-electron chi connectivity index (χ1n) is 8.17. The molecule has 0 saturated carbocycles. The van der Waals surface area contributed by atoms with E-state index in [0.717, 1.165) is 37.7 Å². The molecule has 128 valence electrons. The molecule has 0 unspecified atom stereocenters. The van der Waals surface area contributed by atoms with Gasteiger partial charge < -0.3 is 14.5 Å². The number of anilines is 2. The van der Waals surface area contributed by atoms with E-state index in [9.17, 15) is 0 Å². The first-order valence-corrected chi connectivity index (χ1v) is 8.17. The molecule has 7 heteroatoms. The zero-order valence-corrected chi connectivity index (χ0v) is 14.7. The van der Waals surface area contributed by atoms with Crippen LogP contribution in [0.25, 0.3) is 0 Å². The second-order valence-corrected chi connectivity index (χ2v) is 6.88. The molecule has 0 spiro atoms. The van der Waals surface area contributed by atoms with Crippen LogP contribution in [0.3, 0.4) is 0 Å². The maximum Gasteiger partial charge on any atom is 0.228 e. The second-order valence-electron chi connectivity index (χ2n) is 6.88. The highest BCUT2D eigenvalue weighted by Crippen LogP contribution is 2.24. The predicted molar refractivity (Wildman–Crippen MR) is 93.7 cm³/mol. The average molecular weight is 328 g/mol. The molecule has 0 radical (unpaired) electrons. The second kappa shape index (κ2) is 6.59. The van der Waals surface area contributed by atoms with Crippen LogP contribution in [0, 0.1) is 0 Å².